The molecule has 1 atom stereocenters. The third-order valence-electron chi connectivity index (χ3n) is 3.59. The second kappa shape index (κ2) is 5.36. The average molecular weight is 311 g/mol. The number of benzene rings is 1. The minimum atomic E-state index is -1.57. The fourth-order valence-electron chi connectivity index (χ4n) is 2.40. The summed E-state index contributed by atoms with van der Waals surface area (Å²) in [5.74, 6) is -4.29. The van der Waals surface area contributed by atoms with E-state index in [-0.39, 0.29) is 18.3 Å². The van der Waals surface area contributed by atoms with Crippen molar-refractivity contribution in [2.24, 2.45) is 0 Å². The van der Waals surface area contributed by atoms with Crippen LogP contribution in [0.4, 0.5) is 23.7 Å². The lowest BCUT2D eigenvalue weighted by atomic mass is 10.0. The zero-order valence-electron chi connectivity index (χ0n) is 11.6. The number of fused-ring (bicyclic) bond motifs is 1. The van der Waals surface area contributed by atoms with Crippen LogP contribution in [-0.2, 0) is 13.0 Å². The molecule has 0 bridgehead atoms. The summed E-state index contributed by atoms with van der Waals surface area (Å²) in [5.41, 5.74) is 1.42. The smallest absolute Gasteiger partial charge is 0.322 e. The molecule has 1 aromatic heterocycles. The molecular formula is C14H12F3N3O2. The van der Waals surface area contributed by atoms with Gasteiger partial charge in [0.25, 0.3) is 0 Å². The molecule has 22 heavy (non-hydrogen) atoms. The number of anilines is 1. The van der Waals surface area contributed by atoms with Gasteiger partial charge in [0.05, 0.1) is 12.2 Å². The van der Waals surface area contributed by atoms with E-state index in [0.29, 0.717) is 6.42 Å². The van der Waals surface area contributed by atoms with Gasteiger partial charge in [-0.2, -0.15) is 0 Å². The predicted octanol–water partition coefficient (Wildman–Crippen LogP) is 3.07. The van der Waals surface area contributed by atoms with E-state index in [2.05, 4.69) is 10.5 Å². The first-order valence-electron chi connectivity index (χ1n) is 6.60. The first-order chi connectivity index (χ1) is 10.5. The number of amides is 2. The topological polar surface area (TPSA) is 58.4 Å². The number of hydrogen-bond donors (Lipinski definition) is 1. The Morgan fingerprint density at radius 1 is 1.36 bits per heavy atom. The van der Waals surface area contributed by atoms with Crippen molar-refractivity contribution in [3.05, 3.63) is 47.1 Å². The standard InChI is InChI=1S/C14H12F3N3O2/c1-7-2-12-8(6-22-19-12)5-20(7)14(21)18-9-3-10(15)13(17)11(16)4-9/h3-4,6-7H,2,5H2,1H3,(H,18,21). The van der Waals surface area contributed by atoms with E-state index >= 15 is 0 Å². The zero-order chi connectivity index (χ0) is 15.9. The van der Waals surface area contributed by atoms with Crippen LogP contribution < -0.4 is 5.32 Å². The Balaban J connectivity index is 1.78. The molecule has 0 radical (unpaired) electrons. The van der Waals surface area contributed by atoms with Crippen LogP contribution >= 0.6 is 0 Å². The minimum absolute atomic E-state index is 0.148. The van der Waals surface area contributed by atoms with Crippen molar-refractivity contribution in [3.63, 3.8) is 0 Å². The number of nitrogens with one attached hydrogen (secondary N) is 1. The van der Waals surface area contributed by atoms with E-state index in [1.165, 1.54) is 11.2 Å². The molecule has 1 aromatic carbocycles. The van der Waals surface area contributed by atoms with Gasteiger partial charge in [-0.25, -0.2) is 18.0 Å². The predicted molar refractivity (Wildman–Crippen MR) is 70.5 cm³/mol. The van der Waals surface area contributed by atoms with Crippen LogP contribution in [0.25, 0.3) is 0 Å². The maximum atomic E-state index is 13.2. The number of halogens is 3. The van der Waals surface area contributed by atoms with Crippen molar-refractivity contribution in [1.82, 2.24) is 10.1 Å². The largest absolute Gasteiger partial charge is 0.364 e. The molecule has 116 valence electrons. The van der Waals surface area contributed by atoms with Crippen molar-refractivity contribution in [1.29, 1.82) is 0 Å². The van der Waals surface area contributed by atoms with E-state index < -0.39 is 23.5 Å². The monoisotopic (exact) mass is 311 g/mol. The molecule has 0 spiro atoms. The molecule has 5 nitrogen and oxygen atoms in total. The van der Waals surface area contributed by atoms with Crippen molar-refractivity contribution >= 4 is 11.7 Å². The maximum absolute atomic E-state index is 13.2. The molecule has 1 N–H and O–H groups in total. The lowest BCUT2D eigenvalue weighted by Crippen LogP contribution is -2.44. The van der Waals surface area contributed by atoms with Crippen LogP contribution in [-0.4, -0.2) is 22.1 Å². The molecule has 1 unspecified atom stereocenters. The van der Waals surface area contributed by atoms with Gasteiger partial charge in [-0.15, -0.1) is 0 Å². The Bertz CT molecular complexity index is 709. The van der Waals surface area contributed by atoms with Crippen LogP contribution in [0.5, 0.6) is 0 Å². The molecule has 8 heteroatoms. The highest BCUT2D eigenvalue weighted by molar-refractivity contribution is 5.89. The van der Waals surface area contributed by atoms with E-state index in [1.54, 1.807) is 0 Å². The normalized spacial score (nSPS) is 17.3. The summed E-state index contributed by atoms with van der Waals surface area (Å²) in [4.78, 5) is 13.7. The summed E-state index contributed by atoms with van der Waals surface area (Å²) < 4.78 is 44.1. The fraction of sp³-hybridized carbons (Fsp3) is 0.286. The number of carbonyl (C=O) groups is 1. The number of carbonyl (C=O) groups excluding carboxylic acids is 1. The quantitative estimate of drug-likeness (QED) is 0.823. The van der Waals surface area contributed by atoms with E-state index in [1.807, 2.05) is 6.92 Å². The van der Waals surface area contributed by atoms with Crippen molar-refractivity contribution in [2.75, 3.05) is 5.32 Å². The summed E-state index contributed by atoms with van der Waals surface area (Å²) in [7, 11) is 0. The first-order valence-corrected chi connectivity index (χ1v) is 6.60. The number of hydrogen-bond acceptors (Lipinski definition) is 3. The Morgan fingerprint density at radius 3 is 2.73 bits per heavy atom. The average Bonchev–Trinajstić information content (AvgIpc) is 2.90. The number of nitrogens with zero attached hydrogens (tertiary/aromatic N) is 2. The molecule has 0 saturated carbocycles. The van der Waals surface area contributed by atoms with Gasteiger partial charge in [0.2, 0.25) is 0 Å². The van der Waals surface area contributed by atoms with E-state index in [0.717, 1.165) is 23.4 Å². The van der Waals surface area contributed by atoms with Gasteiger partial charge >= 0.3 is 6.03 Å². The molecule has 2 amide bonds. The first kappa shape index (κ1) is 14.4. The highest BCUT2D eigenvalue weighted by Crippen LogP contribution is 2.24. The molecule has 3 rings (SSSR count). The van der Waals surface area contributed by atoms with Crippen LogP contribution in [0.3, 0.4) is 0 Å². The molecule has 2 aromatic rings. The summed E-state index contributed by atoms with van der Waals surface area (Å²) in [6.45, 7) is 2.10. The Morgan fingerprint density at radius 2 is 2.05 bits per heavy atom. The Kier molecular flexibility index (Phi) is 3.51. The van der Waals surface area contributed by atoms with Crippen LogP contribution in [0.1, 0.15) is 18.2 Å². The van der Waals surface area contributed by atoms with Gasteiger partial charge in [0, 0.05) is 35.8 Å². The highest BCUT2D eigenvalue weighted by Gasteiger charge is 2.29. The minimum Gasteiger partial charge on any atom is -0.364 e. The molecule has 2 heterocycles. The SMILES string of the molecule is CC1Cc2nocc2CN1C(=O)Nc1cc(F)c(F)c(F)c1. The number of urea groups is 1. The summed E-state index contributed by atoms with van der Waals surface area (Å²) >= 11 is 0. The third-order valence-corrected chi connectivity index (χ3v) is 3.59. The third kappa shape index (κ3) is 2.51. The van der Waals surface area contributed by atoms with E-state index in [9.17, 15) is 18.0 Å². The molecule has 0 saturated heterocycles. The van der Waals surface area contributed by atoms with Gasteiger partial charge in [0.1, 0.15) is 6.26 Å². The molecular weight excluding hydrogens is 299 g/mol. The maximum Gasteiger partial charge on any atom is 0.322 e. The lowest BCUT2D eigenvalue weighted by molar-refractivity contribution is 0.182. The van der Waals surface area contributed by atoms with Gasteiger partial charge < -0.3 is 14.7 Å². The van der Waals surface area contributed by atoms with Gasteiger partial charge in [-0.05, 0) is 6.92 Å². The molecule has 0 fully saturated rings. The lowest BCUT2D eigenvalue weighted by Gasteiger charge is -2.32. The van der Waals surface area contributed by atoms with Gasteiger partial charge in [0.15, 0.2) is 17.5 Å². The van der Waals surface area contributed by atoms with Crippen molar-refractivity contribution < 1.29 is 22.5 Å². The number of aromatic nitrogens is 1. The summed E-state index contributed by atoms with van der Waals surface area (Å²) in [6, 6.07) is 0.767. The van der Waals surface area contributed by atoms with Crippen molar-refractivity contribution in [2.45, 2.75) is 25.9 Å². The Labute approximate surface area is 123 Å². The second-order valence-electron chi connectivity index (χ2n) is 5.15. The number of rotatable bonds is 1. The van der Waals surface area contributed by atoms with Crippen LogP contribution in [0, 0.1) is 17.5 Å². The molecule has 1 aliphatic heterocycles. The fourth-order valence-corrected chi connectivity index (χ4v) is 2.40. The highest BCUT2D eigenvalue weighted by atomic mass is 19.2. The molecule has 0 aliphatic carbocycles. The molecule has 1 aliphatic rings. The van der Waals surface area contributed by atoms with Gasteiger partial charge in [-0.1, -0.05) is 5.16 Å². The second-order valence-corrected chi connectivity index (χ2v) is 5.15. The van der Waals surface area contributed by atoms with Crippen LogP contribution in [0.2, 0.25) is 0 Å². The van der Waals surface area contributed by atoms with Crippen molar-refractivity contribution in [3.8, 4) is 0 Å². The summed E-state index contributed by atoms with van der Waals surface area (Å²) in [5, 5.41) is 6.21. The van der Waals surface area contributed by atoms with E-state index in [4.69, 9.17) is 4.52 Å². The zero-order valence-corrected chi connectivity index (χ0v) is 11.6. The summed E-state index contributed by atoms with van der Waals surface area (Å²) in [6.07, 6.45) is 1.98. The van der Waals surface area contributed by atoms with Gasteiger partial charge in [-0.3, -0.25) is 0 Å². The Hall–Kier alpha value is -2.51. The van der Waals surface area contributed by atoms with Crippen LogP contribution in [0.15, 0.2) is 22.9 Å².